The number of esters is 1. The maximum Gasteiger partial charge on any atom is 0.309 e. The molecule has 2 unspecified atom stereocenters. The summed E-state index contributed by atoms with van der Waals surface area (Å²) in [6, 6.07) is 0. The molecule has 0 saturated heterocycles. The lowest BCUT2D eigenvalue weighted by atomic mass is 9.99. The summed E-state index contributed by atoms with van der Waals surface area (Å²) >= 11 is 17.7. The lowest BCUT2D eigenvalue weighted by Gasteiger charge is -2.15. The minimum atomic E-state index is -0.424. The van der Waals surface area contributed by atoms with E-state index in [2.05, 4.69) is 0 Å². The minimum Gasteiger partial charge on any atom is -0.466 e. The van der Waals surface area contributed by atoms with Crippen molar-refractivity contribution in [3.63, 3.8) is 0 Å². The molecule has 0 aliphatic carbocycles. The summed E-state index contributed by atoms with van der Waals surface area (Å²) in [5, 5.41) is 0.353. The van der Waals surface area contributed by atoms with E-state index >= 15 is 0 Å². The molecule has 2 atom stereocenters. The van der Waals surface area contributed by atoms with Crippen molar-refractivity contribution in [2.24, 2.45) is 11.8 Å². The molecule has 0 bridgehead atoms. The Morgan fingerprint density at radius 1 is 0.900 bits per heavy atom. The molecule has 3 nitrogen and oxygen atoms in total. The van der Waals surface area contributed by atoms with Crippen molar-refractivity contribution in [3.05, 3.63) is 10.1 Å². The van der Waals surface area contributed by atoms with Crippen LogP contribution in [0.3, 0.4) is 0 Å². The minimum absolute atomic E-state index is 0.280. The number of halogens is 3. The molecular weight excluding hydrogens is 323 g/mol. The molecule has 0 fully saturated rings. The topological polar surface area (TPSA) is 43.4 Å². The Bertz CT molecular complexity index is 367. The van der Waals surface area contributed by atoms with Crippen LogP contribution in [-0.2, 0) is 14.3 Å². The fraction of sp³-hybridized carbons (Fsp3) is 0.714. The van der Waals surface area contributed by atoms with E-state index in [1.54, 1.807) is 6.92 Å². The summed E-state index contributed by atoms with van der Waals surface area (Å²) in [6.07, 6.45) is 1.84. The number of rotatable bonds is 9. The Kier molecular flexibility index (Phi) is 10.3. The molecular formula is C14H21Cl3O3. The van der Waals surface area contributed by atoms with Gasteiger partial charge in [0, 0.05) is 16.0 Å². The van der Waals surface area contributed by atoms with E-state index in [4.69, 9.17) is 39.5 Å². The molecule has 0 aromatic carbocycles. The van der Waals surface area contributed by atoms with Gasteiger partial charge in [-0.05, 0) is 44.2 Å². The first-order valence-corrected chi connectivity index (χ1v) is 7.89. The van der Waals surface area contributed by atoms with Crippen LogP contribution < -0.4 is 0 Å². The van der Waals surface area contributed by atoms with Gasteiger partial charge >= 0.3 is 5.97 Å². The van der Waals surface area contributed by atoms with Crippen molar-refractivity contribution in [2.45, 2.75) is 46.5 Å². The molecule has 0 aromatic heterocycles. The number of carbonyl (C=O) groups excluding carboxylic acids is 2. The van der Waals surface area contributed by atoms with Gasteiger partial charge in [-0.25, -0.2) is 0 Å². The molecule has 0 radical (unpaired) electrons. The number of ether oxygens (including phenoxy) is 1. The van der Waals surface area contributed by atoms with E-state index in [1.165, 1.54) is 0 Å². The number of hydrogen-bond donors (Lipinski definition) is 0. The zero-order valence-electron chi connectivity index (χ0n) is 12.0. The van der Waals surface area contributed by atoms with Gasteiger partial charge in [0.2, 0.25) is 5.24 Å². The van der Waals surface area contributed by atoms with Gasteiger partial charge in [0.25, 0.3) is 0 Å². The Balaban J connectivity index is 4.75. The van der Waals surface area contributed by atoms with Crippen LogP contribution in [0.15, 0.2) is 10.1 Å². The van der Waals surface area contributed by atoms with Crippen LogP contribution in [0, 0.1) is 11.8 Å². The fourth-order valence-corrected chi connectivity index (χ4v) is 2.45. The fourth-order valence-electron chi connectivity index (χ4n) is 1.69. The molecule has 116 valence electrons. The van der Waals surface area contributed by atoms with Crippen molar-refractivity contribution < 1.29 is 14.3 Å². The van der Waals surface area contributed by atoms with Gasteiger partial charge in [0.05, 0.1) is 12.5 Å². The average molecular weight is 344 g/mol. The predicted octanol–water partition coefficient (Wildman–Crippen LogP) is 4.84. The third kappa shape index (κ3) is 6.96. The van der Waals surface area contributed by atoms with Crippen LogP contribution in [0.4, 0.5) is 0 Å². The Hall–Kier alpha value is -0.250. The normalized spacial score (nSPS) is 15.3. The Morgan fingerprint density at radius 2 is 1.35 bits per heavy atom. The van der Waals surface area contributed by atoms with Gasteiger partial charge in [-0.15, -0.1) is 0 Å². The quantitative estimate of drug-likeness (QED) is 0.444. The highest BCUT2D eigenvalue weighted by molar-refractivity contribution is 6.64. The van der Waals surface area contributed by atoms with E-state index in [0.717, 1.165) is 0 Å². The first-order valence-electron chi connectivity index (χ1n) is 6.76. The predicted molar refractivity (Wildman–Crippen MR) is 83.0 cm³/mol. The smallest absolute Gasteiger partial charge is 0.309 e. The molecule has 0 amide bonds. The van der Waals surface area contributed by atoms with Crippen LogP contribution in [0.2, 0.25) is 0 Å². The largest absolute Gasteiger partial charge is 0.466 e. The maximum absolute atomic E-state index is 11.7. The van der Waals surface area contributed by atoms with Crippen molar-refractivity contribution >= 4 is 46.0 Å². The molecule has 0 spiro atoms. The second kappa shape index (κ2) is 10.5. The van der Waals surface area contributed by atoms with E-state index in [0.29, 0.717) is 42.4 Å². The molecule has 0 aliphatic rings. The summed E-state index contributed by atoms with van der Waals surface area (Å²) in [4.78, 5) is 22.9. The first kappa shape index (κ1) is 19.8. The van der Waals surface area contributed by atoms with E-state index in [-0.39, 0.29) is 17.8 Å². The third-order valence-electron chi connectivity index (χ3n) is 3.07. The van der Waals surface area contributed by atoms with Crippen LogP contribution in [0.5, 0.6) is 0 Å². The average Bonchev–Trinajstić information content (AvgIpc) is 2.41. The van der Waals surface area contributed by atoms with Crippen LogP contribution in [0.25, 0.3) is 0 Å². The standard InChI is InChI=1S/C14H21Cl3O3/c1-4-9(13(17)18)7-11(15)12(16)8-10(5-2)14(19)20-6-3/h9-10H,4-8H2,1-3H3. The van der Waals surface area contributed by atoms with Gasteiger partial charge in [0.1, 0.15) is 0 Å². The van der Waals surface area contributed by atoms with Crippen molar-refractivity contribution in [1.29, 1.82) is 0 Å². The molecule has 6 heteroatoms. The lowest BCUT2D eigenvalue weighted by Crippen LogP contribution is -2.17. The summed E-state index contributed by atoms with van der Waals surface area (Å²) in [7, 11) is 0. The Labute approximate surface area is 135 Å². The van der Waals surface area contributed by atoms with Crippen molar-refractivity contribution in [2.75, 3.05) is 6.61 Å². The highest BCUT2D eigenvalue weighted by Gasteiger charge is 2.22. The maximum atomic E-state index is 11.7. The van der Waals surface area contributed by atoms with Crippen LogP contribution >= 0.6 is 34.8 Å². The zero-order chi connectivity index (χ0) is 15.7. The van der Waals surface area contributed by atoms with Crippen molar-refractivity contribution in [1.82, 2.24) is 0 Å². The number of allylic oxidation sites excluding steroid dienone is 2. The molecule has 0 heterocycles. The first-order chi connectivity index (χ1) is 9.37. The van der Waals surface area contributed by atoms with Crippen molar-refractivity contribution in [3.8, 4) is 0 Å². The highest BCUT2D eigenvalue weighted by atomic mass is 35.5. The van der Waals surface area contributed by atoms with Gasteiger partial charge in [-0.1, -0.05) is 37.0 Å². The molecule has 20 heavy (non-hydrogen) atoms. The number of hydrogen-bond acceptors (Lipinski definition) is 3. The van der Waals surface area contributed by atoms with E-state index < -0.39 is 5.24 Å². The molecule has 0 rings (SSSR count). The SMILES string of the molecule is CCOC(=O)C(CC)CC(Cl)=C(Cl)CC(CC)C(=O)Cl. The summed E-state index contributed by atoms with van der Waals surface area (Å²) in [5.74, 6) is -0.943. The Morgan fingerprint density at radius 3 is 1.70 bits per heavy atom. The van der Waals surface area contributed by atoms with Gasteiger partial charge in [-0.3, -0.25) is 9.59 Å². The molecule has 0 aliphatic heterocycles. The van der Waals surface area contributed by atoms with Gasteiger partial charge in [0.15, 0.2) is 0 Å². The van der Waals surface area contributed by atoms with Gasteiger partial charge in [-0.2, -0.15) is 0 Å². The summed E-state index contributed by atoms with van der Waals surface area (Å²) < 4.78 is 4.98. The summed E-state index contributed by atoms with van der Waals surface area (Å²) in [5.41, 5.74) is 0. The van der Waals surface area contributed by atoms with Gasteiger partial charge < -0.3 is 4.74 Å². The second-order valence-electron chi connectivity index (χ2n) is 4.48. The molecule has 0 saturated carbocycles. The molecule has 0 aromatic rings. The number of carbonyl (C=O) groups is 2. The highest BCUT2D eigenvalue weighted by Crippen LogP contribution is 2.30. The van der Waals surface area contributed by atoms with Crippen LogP contribution in [0.1, 0.15) is 46.5 Å². The van der Waals surface area contributed by atoms with E-state index in [1.807, 2.05) is 13.8 Å². The lowest BCUT2D eigenvalue weighted by molar-refractivity contribution is -0.148. The van der Waals surface area contributed by atoms with Crippen LogP contribution in [-0.4, -0.2) is 17.8 Å². The van der Waals surface area contributed by atoms with E-state index in [9.17, 15) is 9.59 Å². The molecule has 0 N–H and O–H groups in total. The third-order valence-corrected chi connectivity index (χ3v) is 4.24. The summed E-state index contributed by atoms with van der Waals surface area (Å²) in [6.45, 7) is 5.84. The second-order valence-corrected chi connectivity index (χ2v) is 5.77. The zero-order valence-corrected chi connectivity index (χ0v) is 14.3. The monoisotopic (exact) mass is 342 g/mol.